The molecule has 2 aliphatic rings. The second-order valence-electron chi connectivity index (χ2n) is 9.55. The highest BCUT2D eigenvalue weighted by atomic mass is 19.3. The summed E-state index contributed by atoms with van der Waals surface area (Å²) >= 11 is 0. The van der Waals surface area contributed by atoms with Crippen molar-refractivity contribution in [3.8, 4) is 17.0 Å². The Labute approximate surface area is 204 Å². The molecular formula is C25H22F2N6O3. The Morgan fingerprint density at radius 3 is 2.61 bits per heavy atom. The lowest BCUT2D eigenvalue weighted by Crippen LogP contribution is -2.30. The van der Waals surface area contributed by atoms with Gasteiger partial charge in [0.05, 0.1) is 17.4 Å². The van der Waals surface area contributed by atoms with Crippen LogP contribution in [-0.2, 0) is 5.60 Å². The number of fused-ring (bicyclic) bond motifs is 9. The fourth-order valence-corrected chi connectivity index (χ4v) is 5.16. The van der Waals surface area contributed by atoms with E-state index in [1.807, 2.05) is 0 Å². The van der Waals surface area contributed by atoms with E-state index < -0.39 is 18.1 Å². The van der Waals surface area contributed by atoms with Crippen molar-refractivity contribution >= 4 is 11.6 Å². The summed E-state index contributed by atoms with van der Waals surface area (Å²) in [6.07, 6.45) is 5.43. The van der Waals surface area contributed by atoms with Crippen molar-refractivity contribution in [3.05, 3.63) is 71.1 Å². The Morgan fingerprint density at radius 1 is 1.17 bits per heavy atom. The molecule has 2 unspecified atom stereocenters. The molecule has 2 atom stereocenters. The molecule has 0 saturated carbocycles. The summed E-state index contributed by atoms with van der Waals surface area (Å²) in [6.45, 7) is 0.187. The fraction of sp³-hybridized carbons (Fsp3) is 0.320. The van der Waals surface area contributed by atoms with Crippen LogP contribution in [0.2, 0.25) is 0 Å². The normalized spacial score (nSPS) is 19.0. The quantitative estimate of drug-likeness (QED) is 0.463. The summed E-state index contributed by atoms with van der Waals surface area (Å²) in [5.41, 5.74) is 2.85. The summed E-state index contributed by atoms with van der Waals surface area (Å²) in [5, 5.41) is 14.9. The first kappa shape index (κ1) is 22.5. The lowest BCUT2D eigenvalue weighted by molar-refractivity contribution is -0.0505. The molecule has 184 valence electrons. The molecule has 1 N–H and O–H groups in total. The molecule has 11 heteroatoms. The molecule has 2 bridgehead atoms. The maximum Gasteiger partial charge on any atom is 0.387 e. The standard InChI is InChI=1S/C25H22F2N6O3/c1-25(2,35)23-28-10-12(11-29-23)15-7-8-33-21(30-15)19-14-9-16(20(19)31-33)32(3)22(34)13-5-4-6-17(18(13)14)36-24(26)27/h4-8,10-11,14,16,24,35H,9H2,1-3H3. The first-order valence-electron chi connectivity index (χ1n) is 11.4. The van der Waals surface area contributed by atoms with Crippen LogP contribution in [-0.4, -0.2) is 54.1 Å². The van der Waals surface area contributed by atoms with Crippen molar-refractivity contribution < 1.29 is 23.4 Å². The van der Waals surface area contributed by atoms with Crippen molar-refractivity contribution in [2.24, 2.45) is 0 Å². The lowest BCUT2D eigenvalue weighted by atomic mass is 9.89. The van der Waals surface area contributed by atoms with E-state index in [2.05, 4.69) is 9.97 Å². The minimum Gasteiger partial charge on any atom is -0.434 e. The molecule has 4 heterocycles. The molecule has 1 aliphatic carbocycles. The number of carbonyl (C=O) groups excluding carboxylic acids is 1. The van der Waals surface area contributed by atoms with Crippen molar-refractivity contribution in [3.63, 3.8) is 0 Å². The number of ether oxygens (including phenoxy) is 1. The Balaban J connectivity index is 1.52. The Hall–Kier alpha value is -3.99. The number of nitrogens with zero attached hydrogens (tertiary/aromatic N) is 6. The van der Waals surface area contributed by atoms with Gasteiger partial charge in [-0.3, -0.25) is 4.79 Å². The number of rotatable bonds is 4. The topological polar surface area (TPSA) is 106 Å². The van der Waals surface area contributed by atoms with Crippen LogP contribution in [0.4, 0.5) is 8.78 Å². The number of hydrogen-bond acceptors (Lipinski definition) is 7. The zero-order chi connectivity index (χ0) is 25.4. The maximum absolute atomic E-state index is 13.3. The summed E-state index contributed by atoms with van der Waals surface area (Å²) in [6, 6.07) is 6.09. The number of alkyl halides is 2. The lowest BCUT2D eigenvalue weighted by Gasteiger charge is -2.23. The Morgan fingerprint density at radius 2 is 1.92 bits per heavy atom. The van der Waals surface area contributed by atoms with E-state index in [0.29, 0.717) is 46.0 Å². The van der Waals surface area contributed by atoms with E-state index in [-0.39, 0.29) is 17.7 Å². The Bertz CT molecular complexity index is 1510. The Kier molecular flexibility index (Phi) is 4.84. The van der Waals surface area contributed by atoms with E-state index in [9.17, 15) is 18.7 Å². The molecule has 3 aromatic heterocycles. The molecule has 9 nitrogen and oxygen atoms in total. The van der Waals surface area contributed by atoms with Crippen molar-refractivity contribution in [2.45, 2.75) is 44.4 Å². The highest BCUT2D eigenvalue weighted by molar-refractivity contribution is 5.98. The van der Waals surface area contributed by atoms with Gasteiger partial charge in [-0.15, -0.1) is 0 Å². The molecule has 0 fully saturated rings. The zero-order valence-electron chi connectivity index (χ0n) is 19.7. The van der Waals surface area contributed by atoms with Gasteiger partial charge in [0.1, 0.15) is 11.4 Å². The van der Waals surface area contributed by atoms with Crippen LogP contribution in [0.25, 0.3) is 16.9 Å². The molecule has 36 heavy (non-hydrogen) atoms. The number of amides is 1. The van der Waals surface area contributed by atoms with Gasteiger partial charge in [0.25, 0.3) is 5.91 Å². The van der Waals surface area contributed by atoms with Gasteiger partial charge >= 0.3 is 6.61 Å². The second-order valence-corrected chi connectivity index (χ2v) is 9.55. The van der Waals surface area contributed by atoms with Crippen molar-refractivity contribution in [1.82, 2.24) is 29.5 Å². The number of carbonyl (C=O) groups is 1. The molecule has 0 radical (unpaired) electrons. The summed E-state index contributed by atoms with van der Waals surface area (Å²) < 4.78 is 33.0. The van der Waals surface area contributed by atoms with Crippen molar-refractivity contribution in [1.29, 1.82) is 0 Å². The average Bonchev–Trinajstić information content (AvgIpc) is 3.36. The molecule has 1 amide bonds. The minimum atomic E-state index is -3.02. The van der Waals surface area contributed by atoms with E-state index in [0.717, 1.165) is 5.56 Å². The van der Waals surface area contributed by atoms with Crippen LogP contribution >= 0.6 is 0 Å². The predicted octanol–water partition coefficient (Wildman–Crippen LogP) is 3.68. The van der Waals surface area contributed by atoms with Gasteiger partial charge in [0, 0.05) is 53.8 Å². The van der Waals surface area contributed by atoms with Crippen LogP contribution in [0.15, 0.2) is 42.9 Å². The predicted molar refractivity (Wildman–Crippen MR) is 124 cm³/mol. The van der Waals surface area contributed by atoms with Gasteiger partial charge in [0.2, 0.25) is 0 Å². The number of aliphatic hydroxyl groups is 1. The third-order valence-corrected chi connectivity index (χ3v) is 6.82. The molecule has 0 saturated heterocycles. The summed E-state index contributed by atoms with van der Waals surface area (Å²) in [7, 11) is 1.69. The maximum atomic E-state index is 13.3. The van der Waals surface area contributed by atoms with Crippen LogP contribution in [0.3, 0.4) is 0 Å². The van der Waals surface area contributed by atoms with Crippen LogP contribution in [0.5, 0.6) is 5.75 Å². The number of halogens is 2. The van der Waals surface area contributed by atoms with Gasteiger partial charge < -0.3 is 14.7 Å². The summed E-state index contributed by atoms with van der Waals surface area (Å²) in [5.74, 6) is -0.400. The van der Waals surface area contributed by atoms with E-state index in [1.54, 1.807) is 67.1 Å². The van der Waals surface area contributed by atoms with E-state index in [4.69, 9.17) is 14.8 Å². The average molecular weight is 492 g/mol. The SMILES string of the molecule is CN1C(=O)c2cccc(OC(F)F)c2C2CC1c1nn3ccc(-c4cnc(C(C)(C)O)nc4)nc3c12. The highest BCUT2D eigenvalue weighted by Gasteiger charge is 2.46. The highest BCUT2D eigenvalue weighted by Crippen LogP contribution is 2.53. The minimum absolute atomic E-state index is 0.0196. The largest absolute Gasteiger partial charge is 0.434 e. The third-order valence-electron chi connectivity index (χ3n) is 6.82. The monoisotopic (exact) mass is 492 g/mol. The van der Waals surface area contributed by atoms with E-state index >= 15 is 0 Å². The number of hydrogen-bond donors (Lipinski definition) is 1. The van der Waals surface area contributed by atoms with Gasteiger partial charge in [0.15, 0.2) is 11.5 Å². The van der Waals surface area contributed by atoms with Crippen LogP contribution in [0.1, 0.15) is 65.2 Å². The van der Waals surface area contributed by atoms with Gasteiger partial charge in [-0.1, -0.05) is 6.07 Å². The molecule has 6 rings (SSSR count). The molecule has 0 spiro atoms. The number of benzene rings is 1. The second kappa shape index (κ2) is 7.76. The zero-order valence-corrected chi connectivity index (χ0v) is 19.7. The van der Waals surface area contributed by atoms with Gasteiger partial charge in [-0.2, -0.15) is 13.9 Å². The molecule has 1 aromatic carbocycles. The first-order chi connectivity index (χ1) is 17.1. The molecule has 1 aliphatic heterocycles. The van der Waals surface area contributed by atoms with Gasteiger partial charge in [-0.05, 0) is 38.5 Å². The summed E-state index contributed by atoms with van der Waals surface area (Å²) in [4.78, 5) is 28.2. The fourth-order valence-electron chi connectivity index (χ4n) is 5.16. The molecular weight excluding hydrogens is 470 g/mol. The molecule has 4 aromatic rings. The van der Waals surface area contributed by atoms with Crippen LogP contribution < -0.4 is 4.74 Å². The third kappa shape index (κ3) is 3.34. The first-order valence-corrected chi connectivity index (χ1v) is 11.4. The van der Waals surface area contributed by atoms with Gasteiger partial charge in [-0.25, -0.2) is 19.5 Å². The van der Waals surface area contributed by atoms with Crippen LogP contribution in [0, 0.1) is 0 Å². The van der Waals surface area contributed by atoms with Crippen molar-refractivity contribution in [2.75, 3.05) is 7.05 Å². The smallest absolute Gasteiger partial charge is 0.387 e. The van der Waals surface area contributed by atoms with E-state index in [1.165, 1.54) is 6.07 Å². The number of aromatic nitrogens is 5.